The zero-order chi connectivity index (χ0) is 17.3. The van der Waals surface area contributed by atoms with E-state index in [1.165, 1.54) is 0 Å². The van der Waals surface area contributed by atoms with E-state index in [0.29, 0.717) is 22.2 Å². The van der Waals surface area contributed by atoms with Gasteiger partial charge in [-0.1, -0.05) is 29.8 Å². The van der Waals surface area contributed by atoms with Gasteiger partial charge in [0, 0.05) is 10.6 Å². The Kier molecular flexibility index (Phi) is 4.32. The lowest BCUT2D eigenvalue weighted by atomic mass is 10.1. The zero-order valence-corrected chi connectivity index (χ0v) is 14.1. The third-order valence-corrected chi connectivity index (χ3v) is 4.23. The first-order valence-electron chi connectivity index (χ1n) is 7.48. The van der Waals surface area contributed by atoms with E-state index < -0.39 is 0 Å². The molecule has 3 aromatic rings. The molecule has 0 fully saturated rings. The van der Waals surface area contributed by atoms with Crippen molar-refractivity contribution in [2.24, 2.45) is 0 Å². The number of rotatable bonds is 3. The molecule has 0 unspecified atom stereocenters. The number of carbonyl (C=O) groups is 1. The van der Waals surface area contributed by atoms with Crippen molar-refractivity contribution in [2.75, 3.05) is 11.1 Å². The van der Waals surface area contributed by atoms with Crippen molar-refractivity contribution in [1.29, 1.82) is 0 Å². The largest absolute Gasteiger partial charge is 0.451 e. The van der Waals surface area contributed by atoms with Crippen molar-refractivity contribution < 1.29 is 9.21 Å². The number of nitrogens with two attached hydrogens (primary N) is 1. The molecule has 0 saturated heterocycles. The second-order valence-corrected chi connectivity index (χ2v) is 6.03. The monoisotopic (exact) mass is 340 g/mol. The molecule has 1 amide bonds. The molecule has 3 rings (SSSR count). The highest BCUT2D eigenvalue weighted by Crippen LogP contribution is 2.30. The molecule has 3 N–H and O–H groups in total. The van der Waals surface area contributed by atoms with Crippen LogP contribution in [0.25, 0.3) is 11.3 Å². The van der Waals surface area contributed by atoms with Crippen LogP contribution in [-0.4, -0.2) is 5.91 Å². The van der Waals surface area contributed by atoms with Crippen molar-refractivity contribution >= 4 is 28.9 Å². The quantitative estimate of drug-likeness (QED) is 0.655. The van der Waals surface area contributed by atoms with E-state index >= 15 is 0 Å². The average Bonchev–Trinajstić information content (AvgIpc) is 3.02. The van der Waals surface area contributed by atoms with Crippen LogP contribution in [0.5, 0.6) is 0 Å². The number of benzene rings is 2. The molecule has 5 heteroatoms. The fraction of sp³-hybridized carbons (Fsp3) is 0.105. The van der Waals surface area contributed by atoms with Crippen molar-refractivity contribution in [3.05, 3.63) is 70.4 Å². The standard InChI is InChI=1S/C19H17ClN2O2/c1-11-6-7-16(15(21)10-11)22-19(23)18-9-8-17(24-18)13-4-3-5-14(20)12(13)2/h3-10H,21H2,1-2H3,(H,22,23). The van der Waals surface area contributed by atoms with Crippen molar-refractivity contribution in [1.82, 2.24) is 0 Å². The lowest BCUT2D eigenvalue weighted by Gasteiger charge is -2.07. The number of nitrogen functional groups attached to an aromatic ring is 1. The van der Waals surface area contributed by atoms with Crippen LogP contribution in [0.4, 0.5) is 11.4 Å². The van der Waals surface area contributed by atoms with E-state index in [9.17, 15) is 4.79 Å². The van der Waals surface area contributed by atoms with Crippen LogP contribution in [0, 0.1) is 13.8 Å². The summed E-state index contributed by atoms with van der Waals surface area (Å²) >= 11 is 6.14. The Labute approximate surface area is 145 Å². The van der Waals surface area contributed by atoms with E-state index in [4.69, 9.17) is 21.8 Å². The predicted molar refractivity (Wildman–Crippen MR) is 97.4 cm³/mol. The van der Waals surface area contributed by atoms with Gasteiger partial charge in [-0.15, -0.1) is 0 Å². The second kappa shape index (κ2) is 6.42. The highest BCUT2D eigenvalue weighted by atomic mass is 35.5. The minimum Gasteiger partial charge on any atom is -0.451 e. The smallest absolute Gasteiger partial charge is 0.291 e. The van der Waals surface area contributed by atoms with E-state index in [0.717, 1.165) is 16.7 Å². The molecule has 0 atom stereocenters. The molecule has 0 aliphatic carbocycles. The second-order valence-electron chi connectivity index (χ2n) is 5.62. The van der Waals surface area contributed by atoms with Crippen molar-refractivity contribution in [3.8, 4) is 11.3 Å². The molecule has 0 spiro atoms. The molecule has 0 aliphatic rings. The summed E-state index contributed by atoms with van der Waals surface area (Å²) in [6.45, 7) is 3.85. The van der Waals surface area contributed by atoms with Gasteiger partial charge in [-0.3, -0.25) is 4.79 Å². The summed E-state index contributed by atoms with van der Waals surface area (Å²) in [5, 5.41) is 3.42. The Morgan fingerprint density at radius 3 is 2.67 bits per heavy atom. The van der Waals surface area contributed by atoms with Gasteiger partial charge in [-0.05, 0) is 55.3 Å². The van der Waals surface area contributed by atoms with Gasteiger partial charge in [0.1, 0.15) is 5.76 Å². The van der Waals surface area contributed by atoms with Gasteiger partial charge >= 0.3 is 0 Å². The summed E-state index contributed by atoms with van der Waals surface area (Å²) in [6, 6.07) is 14.4. The molecule has 1 aromatic heterocycles. The Bertz CT molecular complexity index is 915. The Morgan fingerprint density at radius 1 is 1.12 bits per heavy atom. The summed E-state index contributed by atoms with van der Waals surface area (Å²) < 4.78 is 5.69. The number of furan rings is 1. The van der Waals surface area contributed by atoms with Gasteiger partial charge in [-0.25, -0.2) is 0 Å². The molecule has 0 aliphatic heterocycles. The maximum Gasteiger partial charge on any atom is 0.291 e. The van der Waals surface area contributed by atoms with E-state index in [2.05, 4.69) is 5.32 Å². The topological polar surface area (TPSA) is 68.3 Å². The van der Waals surface area contributed by atoms with Crippen molar-refractivity contribution in [2.45, 2.75) is 13.8 Å². The maximum atomic E-state index is 12.4. The van der Waals surface area contributed by atoms with Crippen LogP contribution in [-0.2, 0) is 0 Å². The van der Waals surface area contributed by atoms with Gasteiger partial charge < -0.3 is 15.5 Å². The number of carbonyl (C=O) groups excluding carboxylic acids is 1. The first-order valence-corrected chi connectivity index (χ1v) is 7.86. The van der Waals surface area contributed by atoms with Crippen LogP contribution in [0.1, 0.15) is 21.7 Å². The van der Waals surface area contributed by atoms with Gasteiger partial charge in [0.05, 0.1) is 11.4 Å². The molecule has 0 radical (unpaired) electrons. The zero-order valence-electron chi connectivity index (χ0n) is 13.4. The Balaban J connectivity index is 1.85. The highest BCUT2D eigenvalue weighted by Gasteiger charge is 2.15. The molecule has 4 nitrogen and oxygen atoms in total. The minimum atomic E-state index is -0.350. The summed E-state index contributed by atoms with van der Waals surface area (Å²) in [5.74, 6) is 0.456. The van der Waals surface area contributed by atoms with Gasteiger partial charge in [0.15, 0.2) is 5.76 Å². The lowest BCUT2D eigenvalue weighted by Crippen LogP contribution is -2.12. The molecule has 24 heavy (non-hydrogen) atoms. The third kappa shape index (κ3) is 3.14. The fourth-order valence-corrected chi connectivity index (χ4v) is 2.63. The van der Waals surface area contributed by atoms with Gasteiger partial charge in [0.2, 0.25) is 0 Å². The number of hydrogen-bond acceptors (Lipinski definition) is 3. The summed E-state index contributed by atoms with van der Waals surface area (Å²) in [7, 11) is 0. The number of aryl methyl sites for hydroxylation is 1. The van der Waals surface area contributed by atoms with Crippen LogP contribution in [0.15, 0.2) is 52.9 Å². The van der Waals surface area contributed by atoms with Crippen LogP contribution in [0.2, 0.25) is 5.02 Å². The van der Waals surface area contributed by atoms with Crippen LogP contribution < -0.4 is 11.1 Å². The molecule has 122 valence electrons. The maximum absolute atomic E-state index is 12.4. The molecular weight excluding hydrogens is 324 g/mol. The SMILES string of the molecule is Cc1ccc(NC(=O)c2ccc(-c3cccc(Cl)c3C)o2)c(N)c1. The number of anilines is 2. The third-order valence-electron chi connectivity index (χ3n) is 3.82. The van der Waals surface area contributed by atoms with Crippen LogP contribution in [0.3, 0.4) is 0 Å². The summed E-state index contributed by atoms with van der Waals surface area (Å²) in [5.41, 5.74) is 9.79. The number of hydrogen-bond donors (Lipinski definition) is 2. The first-order chi connectivity index (χ1) is 11.5. The van der Waals surface area contributed by atoms with Crippen molar-refractivity contribution in [3.63, 3.8) is 0 Å². The van der Waals surface area contributed by atoms with Crippen LogP contribution >= 0.6 is 11.6 Å². The molecule has 1 heterocycles. The number of nitrogens with one attached hydrogen (secondary N) is 1. The lowest BCUT2D eigenvalue weighted by molar-refractivity contribution is 0.0997. The number of amides is 1. The van der Waals surface area contributed by atoms with E-state index in [1.54, 1.807) is 24.3 Å². The highest BCUT2D eigenvalue weighted by molar-refractivity contribution is 6.31. The Hall–Kier alpha value is -2.72. The predicted octanol–water partition coefficient (Wildman–Crippen LogP) is 5.05. The van der Waals surface area contributed by atoms with Gasteiger partial charge in [0.25, 0.3) is 5.91 Å². The first kappa shape index (κ1) is 16.1. The average molecular weight is 341 g/mol. The molecule has 0 bridgehead atoms. The minimum absolute atomic E-state index is 0.212. The summed E-state index contributed by atoms with van der Waals surface area (Å²) in [6.07, 6.45) is 0. The molecule has 0 saturated carbocycles. The molecular formula is C19H17ClN2O2. The van der Waals surface area contributed by atoms with Gasteiger partial charge in [-0.2, -0.15) is 0 Å². The normalized spacial score (nSPS) is 10.6. The number of halogens is 1. The van der Waals surface area contributed by atoms with E-state index in [-0.39, 0.29) is 11.7 Å². The molecule has 2 aromatic carbocycles. The van der Waals surface area contributed by atoms with E-state index in [1.807, 2.05) is 38.1 Å². The Morgan fingerprint density at radius 2 is 1.92 bits per heavy atom. The fourth-order valence-electron chi connectivity index (χ4n) is 2.46. The summed E-state index contributed by atoms with van der Waals surface area (Å²) in [4.78, 5) is 12.4.